The van der Waals surface area contributed by atoms with E-state index in [9.17, 15) is 30.2 Å². The third-order valence-electron chi connectivity index (χ3n) is 7.47. The van der Waals surface area contributed by atoms with Crippen LogP contribution in [0.25, 0.3) is 0 Å². The van der Waals surface area contributed by atoms with Crippen LogP contribution in [0.15, 0.2) is 41.3 Å². The number of rotatable bonds is 2. The Kier molecular flexibility index (Phi) is 5.54. The quantitative estimate of drug-likeness (QED) is 0.465. The van der Waals surface area contributed by atoms with Gasteiger partial charge in [0.2, 0.25) is 0 Å². The van der Waals surface area contributed by atoms with Gasteiger partial charge in [0.05, 0.1) is 22.6 Å². The third kappa shape index (κ3) is 3.67. The Bertz CT molecular complexity index is 1390. The minimum atomic E-state index is -4.67. The molecule has 190 valence electrons. The first-order valence-corrected chi connectivity index (χ1v) is 14.3. The van der Waals surface area contributed by atoms with Crippen LogP contribution in [0.4, 0.5) is 22.0 Å². The number of nitrogens with one attached hydrogen (secondary N) is 1. The van der Waals surface area contributed by atoms with Crippen LogP contribution in [-0.4, -0.2) is 36.9 Å². The summed E-state index contributed by atoms with van der Waals surface area (Å²) < 4.78 is 117. The van der Waals surface area contributed by atoms with Gasteiger partial charge in [-0.2, -0.15) is 13.2 Å². The summed E-state index contributed by atoms with van der Waals surface area (Å²) in [5.74, 6) is 0.190. The van der Waals surface area contributed by atoms with Crippen molar-refractivity contribution in [2.24, 2.45) is 11.8 Å². The molecule has 0 bridgehead atoms. The fourth-order valence-electron chi connectivity index (χ4n) is 5.92. The summed E-state index contributed by atoms with van der Waals surface area (Å²) >= 11 is 0. The predicted octanol–water partition coefficient (Wildman–Crippen LogP) is 4.06. The maximum Gasteiger partial charge on any atom is 0.416 e. The molecular formula is C23H22F5NO4S2. The first kappa shape index (κ1) is 24.5. The molecule has 12 heteroatoms. The van der Waals surface area contributed by atoms with E-state index in [0.29, 0.717) is 18.6 Å². The molecule has 1 saturated carbocycles. The fraction of sp³-hybridized carbons (Fsp3) is 0.435. The Hall–Kier alpha value is -2.18. The van der Waals surface area contributed by atoms with Crippen molar-refractivity contribution in [3.8, 4) is 5.75 Å². The smallest absolute Gasteiger partial charge is 0.416 e. The first-order valence-electron chi connectivity index (χ1n) is 10.9. The van der Waals surface area contributed by atoms with Gasteiger partial charge in [-0.25, -0.2) is 21.9 Å². The summed E-state index contributed by atoms with van der Waals surface area (Å²) in [6.45, 7) is -0.242. The molecule has 0 spiro atoms. The van der Waals surface area contributed by atoms with Crippen LogP contribution in [0, 0.1) is 23.5 Å². The Labute approximate surface area is 199 Å². The zero-order chi connectivity index (χ0) is 25.4. The van der Waals surface area contributed by atoms with Crippen molar-refractivity contribution in [3.05, 3.63) is 59.2 Å². The van der Waals surface area contributed by atoms with Crippen molar-refractivity contribution >= 4 is 25.4 Å². The average Bonchev–Trinajstić information content (AvgIpc) is 2.79. The van der Waals surface area contributed by atoms with Crippen LogP contribution < -0.4 is 9.46 Å². The lowest BCUT2D eigenvalue weighted by Crippen LogP contribution is -2.62. The van der Waals surface area contributed by atoms with E-state index in [1.165, 1.54) is 0 Å². The maximum atomic E-state index is 15.3. The molecule has 35 heavy (non-hydrogen) atoms. The Balaban J connectivity index is 1.72. The molecule has 5 nitrogen and oxygen atoms in total. The largest absolute Gasteiger partial charge is 0.490 e. The van der Waals surface area contributed by atoms with Gasteiger partial charge in [-0.15, -0.1) is 0 Å². The van der Waals surface area contributed by atoms with Gasteiger partial charge in [-0.1, -0.05) is 0 Å². The molecule has 0 radical (unpaired) electrons. The van der Waals surface area contributed by atoms with Crippen LogP contribution in [-0.2, 0) is 30.5 Å². The second kappa shape index (κ2) is 7.91. The summed E-state index contributed by atoms with van der Waals surface area (Å²) in [4.78, 5) is -0.421. The van der Waals surface area contributed by atoms with Crippen LogP contribution in [0.5, 0.6) is 5.75 Å². The number of benzene rings is 2. The molecule has 2 aromatic carbocycles. The van der Waals surface area contributed by atoms with Crippen LogP contribution >= 0.6 is 0 Å². The zero-order valence-corrected chi connectivity index (χ0v) is 19.9. The van der Waals surface area contributed by atoms with E-state index in [1.54, 1.807) is 0 Å². The van der Waals surface area contributed by atoms with Crippen molar-refractivity contribution in [2.75, 3.05) is 12.4 Å². The van der Waals surface area contributed by atoms with Crippen LogP contribution in [0.3, 0.4) is 0 Å². The second-order valence-electron chi connectivity index (χ2n) is 9.30. The summed E-state index contributed by atoms with van der Waals surface area (Å²) in [5.41, 5.74) is -1.46. The summed E-state index contributed by atoms with van der Waals surface area (Å²) in [7, 11) is -7.12. The first-order chi connectivity index (χ1) is 16.3. The van der Waals surface area contributed by atoms with E-state index in [0.717, 1.165) is 24.3 Å². The molecule has 2 fully saturated rings. The maximum absolute atomic E-state index is 15.3. The summed E-state index contributed by atoms with van der Waals surface area (Å²) in [5, 5.41) is 0. The molecule has 2 aliphatic heterocycles. The number of fused-ring (bicyclic) bond motifs is 5. The van der Waals surface area contributed by atoms with E-state index in [1.807, 2.05) is 0 Å². The molecule has 0 amide bonds. The third-order valence-corrected chi connectivity index (χ3v) is 11.7. The number of alkyl halides is 3. The highest BCUT2D eigenvalue weighted by Gasteiger charge is 2.63. The number of hydrogen-bond acceptors (Lipinski definition) is 4. The van der Waals surface area contributed by atoms with Gasteiger partial charge in [0, 0.05) is 27.4 Å². The van der Waals surface area contributed by atoms with Gasteiger partial charge in [-0.3, -0.25) is 4.21 Å². The topological polar surface area (TPSA) is 72.5 Å². The van der Waals surface area contributed by atoms with Gasteiger partial charge in [0.1, 0.15) is 10.6 Å². The van der Waals surface area contributed by atoms with Crippen molar-refractivity contribution in [1.29, 1.82) is 0 Å². The van der Waals surface area contributed by atoms with E-state index >= 15 is 4.39 Å². The van der Waals surface area contributed by atoms with Gasteiger partial charge in [0.15, 0.2) is 21.4 Å². The lowest BCUT2D eigenvalue weighted by molar-refractivity contribution is -0.137. The Morgan fingerprint density at radius 1 is 1.06 bits per heavy atom. The van der Waals surface area contributed by atoms with Gasteiger partial charge in [0.25, 0.3) is 0 Å². The standard InChI is InChI=1S/C23H22F5NO4S2/c1-34(30)11-9-15-16-12-33-21-18(25)7-6-17(24)20(21)22(16,10-8-19(15)29-34)35(31,32)14-4-2-13(3-5-14)23(26,27)28/h2-7,15-16,19H,1,8-12H2,(H,29,30)/t15?,16-,19+,22-,34?/m0/s1. The molecule has 1 N–H and O–H groups in total. The summed E-state index contributed by atoms with van der Waals surface area (Å²) in [6.07, 6.45) is -4.34. The van der Waals surface area contributed by atoms with Crippen molar-refractivity contribution in [3.63, 3.8) is 0 Å². The molecular weight excluding hydrogens is 513 g/mol. The van der Waals surface area contributed by atoms with Crippen molar-refractivity contribution < 1.29 is 39.3 Å². The van der Waals surface area contributed by atoms with E-state index in [-0.39, 0.29) is 31.2 Å². The van der Waals surface area contributed by atoms with Gasteiger partial charge >= 0.3 is 6.18 Å². The van der Waals surface area contributed by atoms with E-state index < -0.39 is 75.7 Å². The SMILES string of the molecule is C=S1(=O)CCC2[C@@H](CC[C@@]3(S(=O)(=O)c4ccc(C(F)(F)F)cc4)c4c(F)ccc(F)c4OC[C@@H]23)N1. The molecule has 1 saturated heterocycles. The highest BCUT2D eigenvalue weighted by Crippen LogP contribution is 2.59. The van der Waals surface area contributed by atoms with E-state index in [2.05, 4.69) is 10.6 Å². The molecule has 1 aliphatic carbocycles. The van der Waals surface area contributed by atoms with Crippen LogP contribution in [0.2, 0.25) is 0 Å². The Morgan fingerprint density at radius 2 is 1.71 bits per heavy atom. The average molecular weight is 536 g/mol. The lowest BCUT2D eigenvalue weighted by atomic mass is 9.64. The number of ether oxygens (including phenoxy) is 1. The van der Waals surface area contributed by atoms with Crippen molar-refractivity contribution in [2.45, 2.75) is 41.1 Å². The fourth-order valence-corrected chi connectivity index (χ4v) is 9.93. The van der Waals surface area contributed by atoms with Crippen LogP contribution in [0.1, 0.15) is 30.4 Å². The lowest BCUT2D eigenvalue weighted by Gasteiger charge is -2.54. The molecule has 2 aromatic rings. The van der Waals surface area contributed by atoms with E-state index in [4.69, 9.17) is 4.74 Å². The molecule has 5 rings (SSSR count). The number of halogens is 5. The van der Waals surface area contributed by atoms with Gasteiger partial charge in [-0.05, 0) is 67.4 Å². The molecule has 3 aliphatic rings. The molecule has 5 atom stereocenters. The highest BCUT2D eigenvalue weighted by molar-refractivity contribution is 7.98. The summed E-state index contributed by atoms with van der Waals surface area (Å²) in [6, 6.07) is 4.32. The molecule has 2 heterocycles. The Morgan fingerprint density at radius 3 is 2.37 bits per heavy atom. The number of hydrogen-bond donors (Lipinski definition) is 1. The zero-order valence-electron chi connectivity index (χ0n) is 18.3. The second-order valence-corrected chi connectivity index (χ2v) is 13.8. The molecule has 0 aromatic heterocycles. The predicted molar refractivity (Wildman–Crippen MR) is 120 cm³/mol. The normalized spacial score (nSPS) is 32.7. The van der Waals surface area contributed by atoms with Gasteiger partial charge < -0.3 is 4.74 Å². The number of sulfone groups is 1. The van der Waals surface area contributed by atoms with Crippen molar-refractivity contribution in [1.82, 2.24) is 4.72 Å². The minimum Gasteiger partial charge on any atom is -0.490 e. The molecule has 2 unspecified atom stereocenters. The highest BCUT2D eigenvalue weighted by atomic mass is 32.2. The monoisotopic (exact) mass is 535 g/mol. The minimum absolute atomic E-state index is 0.165.